The number of rotatable bonds is 2. The minimum atomic E-state index is -1.82. The minimum absolute atomic E-state index is 0.406. The van der Waals surface area contributed by atoms with Gasteiger partial charge in [-0.1, -0.05) is 11.6 Å². The number of carboxylic acid groups (broad SMARTS) is 2. The Hall–Kier alpha value is -1.51. The molecule has 7 nitrogen and oxygen atoms in total. The highest BCUT2D eigenvalue weighted by atomic mass is 79.9. The number of carbonyl (C=O) groups excluding carboxylic acids is 1. The van der Waals surface area contributed by atoms with Crippen LogP contribution in [0.25, 0.3) is 0 Å². The fourth-order valence-electron chi connectivity index (χ4n) is 3.06. The largest absolute Gasteiger partial charge is 0.473 e. The van der Waals surface area contributed by atoms with Crippen molar-refractivity contribution in [2.45, 2.75) is 44.3 Å². The van der Waals surface area contributed by atoms with Gasteiger partial charge in [-0.05, 0) is 40.9 Å². The number of halogens is 2. The molecule has 3 heterocycles. The Bertz CT molecular complexity index is 641. The second-order valence-corrected chi connectivity index (χ2v) is 6.92. The molecule has 2 bridgehead atoms. The van der Waals surface area contributed by atoms with E-state index in [4.69, 9.17) is 31.4 Å². The number of hydrogen-bond acceptors (Lipinski definition) is 5. The van der Waals surface area contributed by atoms with Crippen molar-refractivity contribution in [3.05, 3.63) is 27.5 Å². The standard InChI is InChI=1S/C13H14BrClN2O.C2H2O4/c14-11-3-4-13(15)16-12(11)7-17-8-1-2-9(17)6-10(18)5-8;3-1(4)2(5)6/h3-4,8-9H,1-2,5-7H2;(H,3,4)(H,5,6)/t8-,9+;. The Morgan fingerprint density at radius 2 is 1.75 bits per heavy atom. The first kappa shape index (κ1) is 18.8. The van der Waals surface area contributed by atoms with Crippen LogP contribution in [0.3, 0.4) is 0 Å². The summed E-state index contributed by atoms with van der Waals surface area (Å²) in [7, 11) is 0. The Balaban J connectivity index is 0.000000301. The van der Waals surface area contributed by atoms with Gasteiger partial charge in [0.25, 0.3) is 0 Å². The number of carboxylic acids is 2. The quantitative estimate of drug-likeness (QED) is 0.559. The lowest BCUT2D eigenvalue weighted by Crippen LogP contribution is -2.42. The summed E-state index contributed by atoms with van der Waals surface area (Å²) in [4.78, 5) is 36.6. The predicted molar refractivity (Wildman–Crippen MR) is 88.8 cm³/mol. The van der Waals surface area contributed by atoms with Crippen LogP contribution in [0.1, 0.15) is 31.4 Å². The predicted octanol–water partition coefficient (Wildman–Crippen LogP) is 2.35. The highest BCUT2D eigenvalue weighted by Crippen LogP contribution is 2.35. The molecule has 0 aliphatic carbocycles. The Labute approximate surface area is 151 Å². The molecule has 2 fully saturated rings. The number of carbonyl (C=O) groups is 3. The van der Waals surface area contributed by atoms with E-state index in [-0.39, 0.29) is 0 Å². The van der Waals surface area contributed by atoms with Crippen molar-refractivity contribution < 1.29 is 24.6 Å². The van der Waals surface area contributed by atoms with Crippen molar-refractivity contribution in [2.75, 3.05) is 0 Å². The van der Waals surface area contributed by atoms with E-state index in [1.807, 2.05) is 6.07 Å². The summed E-state index contributed by atoms with van der Waals surface area (Å²) >= 11 is 9.46. The molecule has 2 saturated heterocycles. The van der Waals surface area contributed by atoms with Gasteiger partial charge in [0.15, 0.2) is 0 Å². The van der Waals surface area contributed by atoms with Crippen molar-refractivity contribution in [1.82, 2.24) is 9.88 Å². The monoisotopic (exact) mass is 418 g/mol. The topological polar surface area (TPSA) is 108 Å². The lowest BCUT2D eigenvalue weighted by Gasteiger charge is -2.33. The highest BCUT2D eigenvalue weighted by Gasteiger charge is 2.40. The van der Waals surface area contributed by atoms with Crippen LogP contribution in [0, 0.1) is 0 Å². The van der Waals surface area contributed by atoms with E-state index >= 15 is 0 Å². The van der Waals surface area contributed by atoms with E-state index in [0.717, 1.165) is 29.6 Å². The first-order chi connectivity index (χ1) is 11.3. The summed E-state index contributed by atoms with van der Waals surface area (Å²) in [6.07, 6.45) is 3.67. The lowest BCUT2D eigenvalue weighted by atomic mass is 10.0. The summed E-state index contributed by atoms with van der Waals surface area (Å²) in [5, 5.41) is 15.3. The number of nitrogens with zero attached hydrogens (tertiary/aromatic N) is 2. The molecule has 9 heteroatoms. The molecular weight excluding hydrogens is 404 g/mol. The van der Waals surface area contributed by atoms with Gasteiger partial charge in [-0.2, -0.15) is 0 Å². The molecule has 130 valence electrons. The van der Waals surface area contributed by atoms with E-state index in [2.05, 4.69) is 25.8 Å². The van der Waals surface area contributed by atoms with Gasteiger partial charge in [-0.3, -0.25) is 9.69 Å². The summed E-state index contributed by atoms with van der Waals surface area (Å²) < 4.78 is 0.989. The van der Waals surface area contributed by atoms with Gasteiger partial charge in [-0.15, -0.1) is 0 Å². The van der Waals surface area contributed by atoms with Gasteiger partial charge < -0.3 is 10.2 Å². The zero-order valence-electron chi connectivity index (χ0n) is 12.6. The third-order valence-electron chi connectivity index (χ3n) is 4.10. The maximum atomic E-state index is 11.6. The molecule has 2 N–H and O–H groups in total. The van der Waals surface area contributed by atoms with E-state index in [0.29, 0.717) is 35.9 Å². The van der Waals surface area contributed by atoms with Crippen LogP contribution in [-0.4, -0.2) is 49.9 Å². The number of aliphatic carboxylic acids is 2. The lowest BCUT2D eigenvalue weighted by molar-refractivity contribution is -0.159. The van der Waals surface area contributed by atoms with Crippen LogP contribution in [0.2, 0.25) is 5.15 Å². The van der Waals surface area contributed by atoms with Crippen molar-refractivity contribution >= 4 is 45.3 Å². The van der Waals surface area contributed by atoms with Crippen molar-refractivity contribution in [3.8, 4) is 0 Å². The summed E-state index contributed by atoms with van der Waals surface area (Å²) in [5.74, 6) is -3.23. The van der Waals surface area contributed by atoms with Gasteiger partial charge >= 0.3 is 11.9 Å². The third kappa shape index (κ3) is 4.75. The van der Waals surface area contributed by atoms with Crippen LogP contribution in [0.4, 0.5) is 0 Å². The molecule has 0 unspecified atom stereocenters. The van der Waals surface area contributed by atoms with Crippen LogP contribution >= 0.6 is 27.5 Å². The summed E-state index contributed by atoms with van der Waals surface area (Å²) in [5.41, 5.74) is 0.966. The van der Waals surface area contributed by atoms with Gasteiger partial charge in [0.05, 0.1) is 5.69 Å². The first-order valence-corrected chi connectivity index (χ1v) is 8.49. The molecule has 0 spiro atoms. The van der Waals surface area contributed by atoms with E-state index < -0.39 is 11.9 Å². The molecule has 24 heavy (non-hydrogen) atoms. The molecule has 3 rings (SSSR count). The Kier molecular flexibility index (Phi) is 6.31. The average molecular weight is 420 g/mol. The second kappa shape index (κ2) is 8.04. The SMILES string of the molecule is O=C(O)C(=O)O.O=C1C[C@H]2CC[C@@H](C1)N2Cc1nc(Cl)ccc1Br. The highest BCUT2D eigenvalue weighted by molar-refractivity contribution is 9.10. The Morgan fingerprint density at radius 3 is 2.25 bits per heavy atom. The molecule has 0 radical (unpaired) electrons. The van der Waals surface area contributed by atoms with Gasteiger partial charge in [0.1, 0.15) is 10.9 Å². The molecule has 0 aromatic carbocycles. The smallest absolute Gasteiger partial charge is 0.414 e. The zero-order chi connectivity index (χ0) is 17.9. The fourth-order valence-corrected chi connectivity index (χ4v) is 3.57. The van der Waals surface area contributed by atoms with Crippen LogP contribution in [0.5, 0.6) is 0 Å². The van der Waals surface area contributed by atoms with Gasteiger partial charge in [0.2, 0.25) is 0 Å². The third-order valence-corrected chi connectivity index (χ3v) is 5.03. The second-order valence-electron chi connectivity index (χ2n) is 5.68. The maximum Gasteiger partial charge on any atom is 0.414 e. The number of aromatic nitrogens is 1. The first-order valence-electron chi connectivity index (χ1n) is 7.32. The van der Waals surface area contributed by atoms with Crippen molar-refractivity contribution in [3.63, 3.8) is 0 Å². The molecule has 0 amide bonds. The number of pyridine rings is 1. The number of fused-ring (bicyclic) bond motifs is 2. The molecule has 2 atom stereocenters. The van der Waals surface area contributed by atoms with Gasteiger partial charge in [0, 0.05) is 35.9 Å². The van der Waals surface area contributed by atoms with Crippen LogP contribution < -0.4 is 0 Å². The van der Waals surface area contributed by atoms with E-state index in [1.54, 1.807) is 6.07 Å². The number of ketones is 1. The molecule has 0 saturated carbocycles. The molecule has 2 aliphatic rings. The van der Waals surface area contributed by atoms with E-state index in [1.165, 1.54) is 0 Å². The number of Topliss-reactive ketones (excluding diaryl/α,β-unsaturated/α-hetero) is 1. The Morgan fingerprint density at radius 1 is 1.21 bits per heavy atom. The normalized spacial score (nSPS) is 22.7. The minimum Gasteiger partial charge on any atom is -0.473 e. The van der Waals surface area contributed by atoms with Gasteiger partial charge in [-0.25, -0.2) is 14.6 Å². The maximum absolute atomic E-state index is 11.6. The van der Waals surface area contributed by atoms with Crippen LogP contribution in [0.15, 0.2) is 16.6 Å². The summed E-state index contributed by atoms with van der Waals surface area (Å²) in [6.45, 7) is 0.782. The van der Waals surface area contributed by atoms with E-state index in [9.17, 15) is 4.79 Å². The van der Waals surface area contributed by atoms with Crippen molar-refractivity contribution in [1.29, 1.82) is 0 Å². The molecule has 2 aliphatic heterocycles. The van der Waals surface area contributed by atoms with Crippen LogP contribution in [-0.2, 0) is 20.9 Å². The number of piperidine rings is 1. The number of hydrogen-bond donors (Lipinski definition) is 2. The zero-order valence-corrected chi connectivity index (χ0v) is 15.0. The average Bonchev–Trinajstić information content (AvgIpc) is 2.74. The molecule has 1 aromatic heterocycles. The summed E-state index contributed by atoms with van der Waals surface area (Å²) in [6, 6.07) is 4.53. The molecule has 1 aromatic rings. The molecular formula is C15H16BrClN2O5. The fraction of sp³-hybridized carbons (Fsp3) is 0.467. The van der Waals surface area contributed by atoms with Crippen molar-refractivity contribution in [2.24, 2.45) is 0 Å².